The van der Waals surface area contributed by atoms with Crippen LogP contribution in [-0.2, 0) is 19.8 Å². The van der Waals surface area contributed by atoms with Crippen LogP contribution in [0, 0.1) is 18.8 Å². The maximum Gasteiger partial charge on any atom is 0.319 e. The maximum atomic E-state index is 13.8. The van der Waals surface area contributed by atoms with Gasteiger partial charge in [0.05, 0.1) is 17.5 Å². The first-order valence-corrected chi connectivity index (χ1v) is 10.3. The van der Waals surface area contributed by atoms with E-state index in [1.54, 1.807) is 42.5 Å². The summed E-state index contributed by atoms with van der Waals surface area (Å²) in [7, 11) is 0. The molecule has 0 radical (unpaired) electrons. The lowest BCUT2D eigenvalue weighted by atomic mass is 9.47. The Bertz CT molecular complexity index is 1260. The number of aliphatic carboxylic acids is 1. The second kappa shape index (κ2) is 5.91. The maximum absolute atomic E-state index is 13.8. The molecule has 3 aliphatic carbocycles. The van der Waals surface area contributed by atoms with Crippen molar-refractivity contribution < 1.29 is 19.5 Å². The van der Waals surface area contributed by atoms with Gasteiger partial charge < -0.3 is 5.11 Å². The molecule has 4 aliphatic rings. The molecule has 1 aliphatic heterocycles. The van der Waals surface area contributed by atoms with Gasteiger partial charge in [-0.1, -0.05) is 60.7 Å². The highest BCUT2D eigenvalue weighted by molar-refractivity contribution is 6.25. The van der Waals surface area contributed by atoms with Gasteiger partial charge in [0, 0.05) is 5.92 Å². The van der Waals surface area contributed by atoms with E-state index in [1.165, 1.54) is 4.90 Å². The van der Waals surface area contributed by atoms with Crippen LogP contribution in [-0.4, -0.2) is 22.9 Å². The number of hydrogen-bond acceptors (Lipinski definition) is 3. The molecule has 2 amide bonds. The monoisotopic (exact) mass is 409 g/mol. The molecule has 31 heavy (non-hydrogen) atoms. The van der Waals surface area contributed by atoms with E-state index < -0.39 is 29.1 Å². The van der Waals surface area contributed by atoms with Crippen molar-refractivity contribution in [2.24, 2.45) is 11.8 Å². The van der Waals surface area contributed by atoms with Crippen molar-refractivity contribution >= 4 is 23.5 Å². The number of nitrogens with zero attached hydrogens (tertiary/aromatic N) is 1. The molecule has 5 nitrogen and oxygen atoms in total. The van der Waals surface area contributed by atoms with Gasteiger partial charge >= 0.3 is 5.97 Å². The average molecular weight is 409 g/mol. The van der Waals surface area contributed by atoms with Gasteiger partial charge in [0.1, 0.15) is 5.41 Å². The number of carbonyl (C=O) groups excluding carboxylic acids is 2. The van der Waals surface area contributed by atoms with Crippen LogP contribution < -0.4 is 4.90 Å². The number of carbonyl (C=O) groups is 3. The topological polar surface area (TPSA) is 74.7 Å². The minimum Gasteiger partial charge on any atom is -0.480 e. The van der Waals surface area contributed by atoms with E-state index in [-0.39, 0.29) is 11.8 Å². The first-order chi connectivity index (χ1) is 15.0. The van der Waals surface area contributed by atoms with Crippen LogP contribution >= 0.6 is 0 Å². The van der Waals surface area contributed by atoms with E-state index in [4.69, 9.17) is 0 Å². The molecule has 0 aromatic heterocycles. The van der Waals surface area contributed by atoms with E-state index in [9.17, 15) is 19.5 Å². The second-order valence-corrected chi connectivity index (χ2v) is 8.62. The second-order valence-electron chi connectivity index (χ2n) is 8.62. The van der Waals surface area contributed by atoms with Crippen LogP contribution in [0.3, 0.4) is 0 Å². The third-order valence-corrected chi connectivity index (χ3v) is 7.22. The van der Waals surface area contributed by atoms with Gasteiger partial charge in [-0.05, 0) is 46.9 Å². The SMILES string of the molecule is Cc1cccc(N2C(=O)[C@@H]3C4c5ccccc5C(C(=O)O)(c5ccccc54)[C@H]3C2=O)c1. The molecule has 7 rings (SSSR count). The molecule has 1 N–H and O–H groups in total. The number of amides is 2. The summed E-state index contributed by atoms with van der Waals surface area (Å²) in [6.45, 7) is 1.90. The van der Waals surface area contributed by atoms with E-state index in [2.05, 4.69) is 0 Å². The Morgan fingerprint density at radius 1 is 0.871 bits per heavy atom. The number of carboxylic acid groups (broad SMARTS) is 1. The number of benzene rings is 3. The van der Waals surface area contributed by atoms with Crippen LogP contribution in [0.4, 0.5) is 5.69 Å². The Morgan fingerprint density at radius 3 is 2.06 bits per heavy atom. The summed E-state index contributed by atoms with van der Waals surface area (Å²) < 4.78 is 0. The van der Waals surface area contributed by atoms with Gasteiger partial charge in [-0.15, -0.1) is 0 Å². The summed E-state index contributed by atoms with van der Waals surface area (Å²) in [5.74, 6) is -3.91. The Balaban J connectivity index is 1.68. The van der Waals surface area contributed by atoms with E-state index in [1.807, 2.05) is 37.3 Å². The molecule has 3 aromatic rings. The van der Waals surface area contributed by atoms with Gasteiger partial charge in [0.2, 0.25) is 11.8 Å². The number of imide groups is 1. The minimum atomic E-state index is -1.59. The predicted octanol–water partition coefficient (Wildman–Crippen LogP) is 3.63. The summed E-state index contributed by atoms with van der Waals surface area (Å²) in [5, 5.41) is 10.7. The molecule has 2 atom stereocenters. The van der Waals surface area contributed by atoms with E-state index in [0.29, 0.717) is 16.8 Å². The van der Waals surface area contributed by atoms with Crippen molar-refractivity contribution in [3.63, 3.8) is 0 Å². The summed E-state index contributed by atoms with van der Waals surface area (Å²) in [6, 6.07) is 22.0. The lowest BCUT2D eigenvalue weighted by Gasteiger charge is -2.51. The molecule has 5 heteroatoms. The lowest BCUT2D eigenvalue weighted by Crippen LogP contribution is -2.57. The Morgan fingerprint density at radius 2 is 1.48 bits per heavy atom. The highest BCUT2D eigenvalue weighted by Crippen LogP contribution is 2.64. The largest absolute Gasteiger partial charge is 0.480 e. The molecule has 152 valence electrons. The third kappa shape index (κ3) is 1.99. The van der Waals surface area contributed by atoms with E-state index >= 15 is 0 Å². The summed E-state index contributed by atoms with van der Waals surface area (Å²) in [6.07, 6.45) is 0. The molecule has 1 heterocycles. The number of hydrogen-bond donors (Lipinski definition) is 1. The zero-order valence-corrected chi connectivity index (χ0v) is 16.8. The van der Waals surface area contributed by atoms with Crippen LogP contribution in [0.25, 0.3) is 0 Å². The summed E-state index contributed by atoms with van der Waals surface area (Å²) in [4.78, 5) is 41.9. The zero-order valence-electron chi connectivity index (χ0n) is 16.8. The van der Waals surface area contributed by atoms with Gasteiger partial charge in [-0.3, -0.25) is 14.4 Å². The quantitative estimate of drug-likeness (QED) is 0.656. The van der Waals surface area contributed by atoms with Crippen molar-refractivity contribution in [3.8, 4) is 0 Å². The standard InChI is InChI=1S/C26H19NO4/c1-14-7-6-8-15(13-14)27-23(28)21-20-16-9-2-4-11-18(16)26(25(30)31,22(21)24(27)29)19-12-5-3-10-17(19)20/h2-13,20-22H,1H3,(H,30,31)/t20?,21-,22-,26?/m1/s1. The third-order valence-electron chi connectivity index (χ3n) is 7.22. The number of anilines is 1. The lowest BCUT2D eigenvalue weighted by molar-refractivity contribution is -0.149. The molecule has 3 aromatic carbocycles. The van der Waals surface area contributed by atoms with Gasteiger partial charge in [0.15, 0.2) is 0 Å². The Labute approximate surface area is 178 Å². The molecule has 1 saturated heterocycles. The van der Waals surface area contributed by atoms with Crippen molar-refractivity contribution in [1.82, 2.24) is 0 Å². The fourth-order valence-electron chi connectivity index (χ4n) is 6.16. The van der Waals surface area contributed by atoms with Crippen molar-refractivity contribution in [1.29, 1.82) is 0 Å². The number of rotatable bonds is 2. The van der Waals surface area contributed by atoms with Crippen molar-refractivity contribution in [2.45, 2.75) is 18.3 Å². The highest BCUT2D eigenvalue weighted by Gasteiger charge is 2.71. The Hall–Kier alpha value is -3.73. The average Bonchev–Trinajstić information content (AvgIpc) is 3.04. The van der Waals surface area contributed by atoms with Crippen LogP contribution in [0.15, 0.2) is 72.8 Å². The molecule has 0 saturated carbocycles. The molecular formula is C26H19NO4. The normalized spacial score (nSPS) is 27.6. The first kappa shape index (κ1) is 18.1. The van der Waals surface area contributed by atoms with Gasteiger partial charge in [-0.2, -0.15) is 0 Å². The fraction of sp³-hybridized carbons (Fsp3) is 0.192. The Kier molecular flexibility index (Phi) is 3.45. The summed E-state index contributed by atoms with van der Waals surface area (Å²) in [5.41, 5.74) is 2.75. The molecule has 2 bridgehead atoms. The molecular weight excluding hydrogens is 390 g/mol. The minimum absolute atomic E-state index is 0.319. The van der Waals surface area contributed by atoms with Gasteiger partial charge in [-0.25, -0.2) is 4.90 Å². The van der Waals surface area contributed by atoms with Crippen LogP contribution in [0.2, 0.25) is 0 Å². The van der Waals surface area contributed by atoms with E-state index in [0.717, 1.165) is 16.7 Å². The predicted molar refractivity (Wildman–Crippen MR) is 114 cm³/mol. The molecule has 0 spiro atoms. The zero-order chi connectivity index (χ0) is 21.5. The molecule has 0 unspecified atom stereocenters. The van der Waals surface area contributed by atoms with Crippen molar-refractivity contribution in [2.75, 3.05) is 4.90 Å². The smallest absolute Gasteiger partial charge is 0.319 e. The highest BCUT2D eigenvalue weighted by atomic mass is 16.4. The number of carboxylic acids is 1. The van der Waals surface area contributed by atoms with Crippen molar-refractivity contribution in [3.05, 3.63) is 101 Å². The van der Waals surface area contributed by atoms with Crippen LogP contribution in [0.1, 0.15) is 33.7 Å². The summed E-state index contributed by atoms with van der Waals surface area (Å²) >= 11 is 0. The van der Waals surface area contributed by atoms with Gasteiger partial charge in [0.25, 0.3) is 0 Å². The molecule has 1 fully saturated rings. The first-order valence-electron chi connectivity index (χ1n) is 10.3. The van der Waals surface area contributed by atoms with Crippen LogP contribution in [0.5, 0.6) is 0 Å². The fourth-order valence-corrected chi connectivity index (χ4v) is 6.16. The number of aryl methyl sites for hydroxylation is 1.